The van der Waals surface area contributed by atoms with Gasteiger partial charge in [0.15, 0.2) is 0 Å². The lowest BCUT2D eigenvalue weighted by Crippen LogP contribution is -2.37. The smallest absolute Gasteiger partial charge is 0.292 e. The summed E-state index contributed by atoms with van der Waals surface area (Å²) in [6, 6.07) is 1.62. The van der Waals surface area contributed by atoms with Crippen LogP contribution >= 0.6 is 11.3 Å². The van der Waals surface area contributed by atoms with E-state index in [2.05, 4.69) is 31.3 Å². The maximum atomic E-state index is 12.2. The highest BCUT2D eigenvalue weighted by Gasteiger charge is 2.28. The normalized spacial score (nSPS) is 17.0. The lowest BCUT2D eigenvalue weighted by molar-refractivity contribution is 0.0671. The molecule has 0 aliphatic carbocycles. The Morgan fingerprint density at radius 3 is 2.64 bits per heavy atom. The zero-order chi connectivity index (χ0) is 15.7. The topological polar surface area (TPSA) is 59.2 Å². The van der Waals surface area contributed by atoms with E-state index in [-0.39, 0.29) is 11.3 Å². The van der Waals surface area contributed by atoms with E-state index in [1.807, 2.05) is 4.90 Å². The minimum atomic E-state index is -0.0644. The Balaban J connectivity index is 1.62. The van der Waals surface area contributed by atoms with Crippen LogP contribution in [0.25, 0.3) is 0 Å². The molecule has 2 aromatic rings. The largest absolute Gasteiger partial charge is 0.351 e. The van der Waals surface area contributed by atoms with E-state index >= 15 is 0 Å². The number of hydrogen-bond acceptors (Lipinski definition) is 5. The van der Waals surface area contributed by atoms with Gasteiger partial charge in [-0.15, -0.1) is 11.3 Å². The number of carbonyl (C=O) groups excluding carboxylic acids is 1. The standard InChI is InChI=1S/C16H21N3O2S/c1-16(2,3)13-10-22-14(18-13)11-5-8-19(9-6-11)15(20)12-4-7-17-21-12/h4,7,10-11H,5-6,8-9H2,1-3H3. The minimum absolute atomic E-state index is 0.0644. The SMILES string of the molecule is CC(C)(C)c1csc(C2CCN(C(=O)c3ccno3)CC2)n1. The fourth-order valence-corrected chi connectivity index (χ4v) is 3.85. The van der Waals surface area contributed by atoms with Crippen LogP contribution in [-0.4, -0.2) is 34.0 Å². The van der Waals surface area contributed by atoms with Crippen molar-refractivity contribution in [3.05, 3.63) is 34.1 Å². The summed E-state index contributed by atoms with van der Waals surface area (Å²) < 4.78 is 4.95. The molecular weight excluding hydrogens is 298 g/mol. The maximum absolute atomic E-state index is 12.2. The van der Waals surface area contributed by atoms with Crippen molar-refractivity contribution in [3.8, 4) is 0 Å². The molecule has 22 heavy (non-hydrogen) atoms. The van der Waals surface area contributed by atoms with Gasteiger partial charge in [-0.05, 0) is 12.8 Å². The first-order valence-electron chi connectivity index (χ1n) is 7.61. The molecule has 0 atom stereocenters. The molecular formula is C16H21N3O2S. The number of nitrogens with zero attached hydrogens (tertiary/aromatic N) is 3. The highest BCUT2D eigenvalue weighted by Crippen LogP contribution is 2.33. The highest BCUT2D eigenvalue weighted by atomic mass is 32.1. The van der Waals surface area contributed by atoms with Gasteiger partial charge in [-0.2, -0.15) is 0 Å². The van der Waals surface area contributed by atoms with Crippen LogP contribution in [0.5, 0.6) is 0 Å². The van der Waals surface area contributed by atoms with Gasteiger partial charge in [-0.1, -0.05) is 25.9 Å². The summed E-state index contributed by atoms with van der Waals surface area (Å²) >= 11 is 1.75. The van der Waals surface area contributed by atoms with E-state index in [1.165, 1.54) is 11.2 Å². The Kier molecular flexibility index (Phi) is 4.04. The molecule has 1 aliphatic rings. The second-order valence-corrected chi connectivity index (χ2v) is 7.65. The lowest BCUT2D eigenvalue weighted by atomic mass is 9.93. The molecule has 1 amide bonds. The summed E-state index contributed by atoms with van der Waals surface area (Å²) in [6.07, 6.45) is 3.41. The summed E-state index contributed by atoms with van der Waals surface area (Å²) in [5.74, 6) is 0.716. The third-order valence-corrected chi connectivity index (χ3v) is 5.08. The van der Waals surface area contributed by atoms with Gasteiger partial charge < -0.3 is 9.42 Å². The highest BCUT2D eigenvalue weighted by molar-refractivity contribution is 7.09. The van der Waals surface area contributed by atoms with Crippen LogP contribution in [0.2, 0.25) is 0 Å². The molecule has 1 saturated heterocycles. The number of aromatic nitrogens is 2. The Hall–Kier alpha value is -1.69. The molecule has 0 aromatic carbocycles. The molecule has 1 fully saturated rings. The molecule has 0 N–H and O–H groups in total. The Morgan fingerprint density at radius 2 is 2.09 bits per heavy atom. The number of likely N-dealkylation sites (tertiary alicyclic amines) is 1. The summed E-state index contributed by atoms with van der Waals surface area (Å²) in [5, 5.41) is 6.97. The van der Waals surface area contributed by atoms with E-state index < -0.39 is 0 Å². The van der Waals surface area contributed by atoms with Crippen LogP contribution in [0.4, 0.5) is 0 Å². The van der Waals surface area contributed by atoms with Gasteiger partial charge in [0, 0.05) is 35.9 Å². The van der Waals surface area contributed by atoms with Gasteiger partial charge in [0.25, 0.3) is 5.91 Å². The number of carbonyl (C=O) groups is 1. The molecule has 2 aromatic heterocycles. The molecule has 1 aliphatic heterocycles. The van der Waals surface area contributed by atoms with E-state index in [0.717, 1.165) is 31.6 Å². The molecule has 0 saturated carbocycles. The first kappa shape index (κ1) is 15.2. The van der Waals surface area contributed by atoms with Crippen molar-refractivity contribution < 1.29 is 9.32 Å². The monoisotopic (exact) mass is 319 g/mol. The molecule has 6 heteroatoms. The summed E-state index contributed by atoms with van der Waals surface area (Å²) in [7, 11) is 0. The lowest BCUT2D eigenvalue weighted by Gasteiger charge is -2.30. The van der Waals surface area contributed by atoms with Crippen LogP contribution in [-0.2, 0) is 5.41 Å². The minimum Gasteiger partial charge on any atom is -0.351 e. The molecule has 0 bridgehead atoms. The molecule has 0 spiro atoms. The van der Waals surface area contributed by atoms with Crippen LogP contribution in [0.1, 0.15) is 60.8 Å². The fraction of sp³-hybridized carbons (Fsp3) is 0.562. The van der Waals surface area contributed by atoms with Crippen molar-refractivity contribution in [2.24, 2.45) is 0 Å². The fourth-order valence-electron chi connectivity index (χ4n) is 2.63. The molecule has 118 valence electrons. The third kappa shape index (κ3) is 3.06. The van der Waals surface area contributed by atoms with Crippen LogP contribution in [0, 0.1) is 0 Å². The number of hydrogen-bond donors (Lipinski definition) is 0. The van der Waals surface area contributed by atoms with Crippen molar-refractivity contribution in [3.63, 3.8) is 0 Å². The van der Waals surface area contributed by atoms with Crippen LogP contribution < -0.4 is 0 Å². The average Bonchev–Trinajstić information content (AvgIpc) is 3.17. The van der Waals surface area contributed by atoms with Gasteiger partial charge in [0.05, 0.1) is 16.9 Å². The van der Waals surface area contributed by atoms with E-state index in [1.54, 1.807) is 17.4 Å². The molecule has 0 radical (unpaired) electrons. The third-order valence-electron chi connectivity index (χ3n) is 4.07. The molecule has 0 unspecified atom stereocenters. The van der Waals surface area contributed by atoms with Gasteiger partial charge in [-0.3, -0.25) is 4.79 Å². The van der Waals surface area contributed by atoms with Crippen molar-refractivity contribution in [1.82, 2.24) is 15.0 Å². The Bertz CT molecular complexity index is 635. The van der Waals surface area contributed by atoms with Crippen molar-refractivity contribution in [2.75, 3.05) is 13.1 Å². The molecule has 3 heterocycles. The van der Waals surface area contributed by atoms with E-state index in [0.29, 0.717) is 11.7 Å². The second kappa shape index (κ2) is 5.83. The number of rotatable bonds is 2. The molecule has 5 nitrogen and oxygen atoms in total. The predicted octanol–water partition coefficient (Wildman–Crippen LogP) is 3.45. The first-order chi connectivity index (χ1) is 10.4. The summed E-state index contributed by atoms with van der Waals surface area (Å²) in [4.78, 5) is 18.9. The van der Waals surface area contributed by atoms with Crippen LogP contribution in [0.3, 0.4) is 0 Å². The van der Waals surface area contributed by atoms with Gasteiger partial charge in [0.1, 0.15) is 0 Å². The Labute approximate surface area is 134 Å². The van der Waals surface area contributed by atoms with Crippen LogP contribution in [0.15, 0.2) is 22.2 Å². The molecule has 3 rings (SSSR count). The van der Waals surface area contributed by atoms with Gasteiger partial charge in [-0.25, -0.2) is 4.98 Å². The van der Waals surface area contributed by atoms with E-state index in [9.17, 15) is 4.79 Å². The number of amides is 1. The Morgan fingerprint density at radius 1 is 1.36 bits per heavy atom. The zero-order valence-electron chi connectivity index (χ0n) is 13.2. The van der Waals surface area contributed by atoms with Gasteiger partial charge >= 0.3 is 0 Å². The summed E-state index contributed by atoms with van der Waals surface area (Å²) in [6.45, 7) is 8.04. The predicted molar refractivity (Wildman–Crippen MR) is 85.2 cm³/mol. The van der Waals surface area contributed by atoms with Gasteiger partial charge in [0.2, 0.25) is 5.76 Å². The summed E-state index contributed by atoms with van der Waals surface area (Å²) in [5.41, 5.74) is 1.25. The number of thiazole rings is 1. The zero-order valence-corrected chi connectivity index (χ0v) is 14.0. The first-order valence-corrected chi connectivity index (χ1v) is 8.49. The van der Waals surface area contributed by atoms with Crippen molar-refractivity contribution in [2.45, 2.75) is 44.9 Å². The van der Waals surface area contributed by atoms with Crippen molar-refractivity contribution >= 4 is 17.2 Å². The number of piperidine rings is 1. The van der Waals surface area contributed by atoms with E-state index in [4.69, 9.17) is 9.51 Å². The van der Waals surface area contributed by atoms with Crippen molar-refractivity contribution in [1.29, 1.82) is 0 Å². The quantitative estimate of drug-likeness (QED) is 0.850. The maximum Gasteiger partial charge on any atom is 0.292 e. The second-order valence-electron chi connectivity index (χ2n) is 6.76. The average molecular weight is 319 g/mol.